The molecule has 0 radical (unpaired) electrons. The minimum absolute atomic E-state index is 0.518. The van der Waals surface area contributed by atoms with Crippen LogP contribution in [0.5, 0.6) is 0 Å². The summed E-state index contributed by atoms with van der Waals surface area (Å²) in [5, 5.41) is 7.83. The first kappa shape index (κ1) is 17.1. The number of hydrogen-bond donors (Lipinski definition) is 0. The largest absolute Gasteiger partial charge is 0.318 e. The number of hydrogen-bond acceptors (Lipinski definition) is 2. The summed E-state index contributed by atoms with van der Waals surface area (Å²) in [5.41, 5.74) is 4.72. The van der Waals surface area contributed by atoms with Crippen molar-refractivity contribution in [1.82, 2.24) is 9.58 Å². The fraction of sp³-hybridized carbons (Fsp3) is 0.450. The van der Waals surface area contributed by atoms with Crippen LogP contribution >= 0.6 is 11.6 Å². The van der Waals surface area contributed by atoms with Gasteiger partial charge < -0.3 is 4.57 Å². The summed E-state index contributed by atoms with van der Waals surface area (Å²) >= 11 is 6.01. The maximum atomic E-state index is 6.01. The molecule has 1 aromatic heterocycles. The summed E-state index contributed by atoms with van der Waals surface area (Å²) in [7, 11) is 0. The SMILES string of the molecule is Cc1cc(C=NN2C(C)CCCC2C)c(C)n1-c1ccc(Cl)cc1. The van der Waals surface area contributed by atoms with Crippen molar-refractivity contribution in [3.8, 4) is 5.69 Å². The number of halogens is 1. The molecule has 1 aliphatic heterocycles. The standard InChI is InChI=1S/C20H26ClN3/c1-14-6-5-7-15(2)24(14)22-13-18-12-16(3)23(17(18)4)20-10-8-19(21)9-11-20/h8-15H,5-7H2,1-4H3. The Bertz CT molecular complexity index is 720. The van der Waals surface area contributed by atoms with E-state index in [1.807, 2.05) is 18.3 Å². The molecule has 3 rings (SSSR count). The molecule has 2 atom stereocenters. The fourth-order valence-corrected chi connectivity index (χ4v) is 3.80. The van der Waals surface area contributed by atoms with Gasteiger partial charge in [-0.3, -0.25) is 5.01 Å². The van der Waals surface area contributed by atoms with Crippen LogP contribution in [0.4, 0.5) is 0 Å². The van der Waals surface area contributed by atoms with E-state index in [1.54, 1.807) is 0 Å². The molecule has 0 saturated carbocycles. The molecule has 2 heterocycles. The zero-order chi connectivity index (χ0) is 17.3. The molecule has 1 fully saturated rings. The van der Waals surface area contributed by atoms with Gasteiger partial charge in [0.15, 0.2) is 0 Å². The van der Waals surface area contributed by atoms with E-state index in [2.05, 4.69) is 55.5 Å². The summed E-state index contributed by atoms with van der Waals surface area (Å²) in [6.45, 7) is 8.81. The summed E-state index contributed by atoms with van der Waals surface area (Å²) in [6.07, 6.45) is 5.78. The summed E-state index contributed by atoms with van der Waals surface area (Å²) < 4.78 is 2.25. The summed E-state index contributed by atoms with van der Waals surface area (Å²) in [5.74, 6) is 0. The lowest BCUT2D eigenvalue weighted by Gasteiger charge is -2.36. The Hall–Kier alpha value is -1.74. The second-order valence-electron chi connectivity index (χ2n) is 6.89. The Morgan fingerprint density at radius 3 is 2.33 bits per heavy atom. The van der Waals surface area contributed by atoms with Crippen LogP contribution in [-0.4, -0.2) is 27.9 Å². The van der Waals surface area contributed by atoms with Crippen LogP contribution in [0.3, 0.4) is 0 Å². The molecular weight excluding hydrogens is 318 g/mol. The van der Waals surface area contributed by atoms with E-state index in [1.165, 1.54) is 36.2 Å². The Balaban J connectivity index is 1.88. The lowest BCUT2D eigenvalue weighted by atomic mass is 10.00. The van der Waals surface area contributed by atoms with E-state index in [9.17, 15) is 0 Å². The maximum Gasteiger partial charge on any atom is 0.0561 e. The first-order chi connectivity index (χ1) is 11.5. The number of piperidine rings is 1. The predicted molar refractivity (Wildman–Crippen MR) is 102 cm³/mol. The highest BCUT2D eigenvalue weighted by Crippen LogP contribution is 2.24. The van der Waals surface area contributed by atoms with Gasteiger partial charge in [0, 0.05) is 39.7 Å². The number of benzene rings is 1. The van der Waals surface area contributed by atoms with Gasteiger partial charge in [-0.25, -0.2) is 0 Å². The monoisotopic (exact) mass is 343 g/mol. The molecule has 2 unspecified atom stereocenters. The van der Waals surface area contributed by atoms with Crippen LogP contribution in [0, 0.1) is 13.8 Å². The smallest absolute Gasteiger partial charge is 0.0561 e. The first-order valence-electron chi connectivity index (χ1n) is 8.74. The Labute approximate surface area is 149 Å². The highest BCUT2D eigenvalue weighted by atomic mass is 35.5. The second-order valence-corrected chi connectivity index (χ2v) is 7.33. The molecule has 24 heavy (non-hydrogen) atoms. The van der Waals surface area contributed by atoms with Crippen molar-refractivity contribution in [3.63, 3.8) is 0 Å². The third kappa shape index (κ3) is 3.36. The van der Waals surface area contributed by atoms with E-state index in [4.69, 9.17) is 16.7 Å². The van der Waals surface area contributed by atoms with Gasteiger partial charge >= 0.3 is 0 Å². The zero-order valence-electron chi connectivity index (χ0n) is 15.0. The summed E-state index contributed by atoms with van der Waals surface area (Å²) in [4.78, 5) is 0. The third-order valence-corrected chi connectivity index (χ3v) is 5.28. The van der Waals surface area contributed by atoms with Crippen molar-refractivity contribution in [2.45, 2.75) is 59.0 Å². The quantitative estimate of drug-likeness (QED) is 0.688. The summed E-state index contributed by atoms with van der Waals surface area (Å²) in [6, 6.07) is 11.2. The van der Waals surface area contributed by atoms with Gasteiger partial charge in [0.1, 0.15) is 0 Å². The molecule has 1 aliphatic rings. The minimum Gasteiger partial charge on any atom is -0.318 e. The average Bonchev–Trinajstić information content (AvgIpc) is 2.82. The van der Waals surface area contributed by atoms with Crippen LogP contribution in [0.1, 0.15) is 50.1 Å². The molecule has 1 aromatic carbocycles. The van der Waals surface area contributed by atoms with Gasteiger partial charge in [-0.05, 0) is 77.3 Å². The molecule has 3 nitrogen and oxygen atoms in total. The second kappa shape index (κ2) is 7.02. The third-order valence-electron chi connectivity index (χ3n) is 5.03. The van der Waals surface area contributed by atoms with Crippen molar-refractivity contribution in [2.75, 3.05) is 0 Å². The van der Waals surface area contributed by atoms with E-state index in [-0.39, 0.29) is 0 Å². The van der Waals surface area contributed by atoms with Gasteiger partial charge in [0.05, 0.1) is 6.21 Å². The fourth-order valence-electron chi connectivity index (χ4n) is 3.67. The van der Waals surface area contributed by atoms with Crippen molar-refractivity contribution in [3.05, 3.63) is 52.3 Å². The van der Waals surface area contributed by atoms with Crippen molar-refractivity contribution < 1.29 is 0 Å². The zero-order valence-corrected chi connectivity index (χ0v) is 15.7. The number of hydrazone groups is 1. The Morgan fingerprint density at radius 2 is 1.71 bits per heavy atom. The number of aryl methyl sites for hydroxylation is 1. The molecule has 0 spiro atoms. The molecular formula is C20H26ClN3. The average molecular weight is 344 g/mol. The number of nitrogens with zero attached hydrogens (tertiary/aromatic N) is 3. The Kier molecular flexibility index (Phi) is 5.00. The minimum atomic E-state index is 0.518. The van der Waals surface area contributed by atoms with Crippen molar-refractivity contribution in [2.24, 2.45) is 5.10 Å². The van der Waals surface area contributed by atoms with Gasteiger partial charge in [-0.2, -0.15) is 5.10 Å². The van der Waals surface area contributed by atoms with E-state index >= 15 is 0 Å². The van der Waals surface area contributed by atoms with Crippen LogP contribution < -0.4 is 0 Å². The molecule has 4 heteroatoms. The molecule has 0 amide bonds. The molecule has 2 aromatic rings. The lowest BCUT2D eigenvalue weighted by molar-refractivity contribution is 0.109. The van der Waals surface area contributed by atoms with Crippen molar-refractivity contribution in [1.29, 1.82) is 0 Å². The lowest BCUT2D eigenvalue weighted by Crippen LogP contribution is -2.39. The van der Waals surface area contributed by atoms with Crippen LogP contribution in [0.25, 0.3) is 5.69 Å². The normalized spacial score (nSPS) is 21.6. The molecule has 1 saturated heterocycles. The highest BCUT2D eigenvalue weighted by molar-refractivity contribution is 6.30. The van der Waals surface area contributed by atoms with E-state index in [0.717, 1.165) is 10.7 Å². The van der Waals surface area contributed by atoms with Gasteiger partial charge in [-0.15, -0.1) is 0 Å². The predicted octanol–water partition coefficient (Wildman–Crippen LogP) is 5.34. The number of aromatic nitrogens is 1. The molecule has 0 aliphatic carbocycles. The van der Waals surface area contributed by atoms with Crippen LogP contribution in [0.2, 0.25) is 5.02 Å². The molecule has 0 N–H and O–H groups in total. The van der Waals surface area contributed by atoms with Crippen molar-refractivity contribution >= 4 is 17.8 Å². The first-order valence-corrected chi connectivity index (χ1v) is 9.12. The maximum absolute atomic E-state index is 6.01. The Morgan fingerprint density at radius 1 is 1.08 bits per heavy atom. The molecule has 0 bridgehead atoms. The van der Waals surface area contributed by atoms with Gasteiger partial charge in [0.2, 0.25) is 0 Å². The molecule has 128 valence electrons. The topological polar surface area (TPSA) is 20.5 Å². The van der Waals surface area contributed by atoms with Gasteiger partial charge in [0.25, 0.3) is 0 Å². The van der Waals surface area contributed by atoms with Gasteiger partial charge in [-0.1, -0.05) is 11.6 Å². The van der Waals surface area contributed by atoms with Crippen LogP contribution in [0.15, 0.2) is 35.4 Å². The highest BCUT2D eigenvalue weighted by Gasteiger charge is 2.22. The number of rotatable bonds is 3. The van der Waals surface area contributed by atoms with Crippen LogP contribution in [-0.2, 0) is 0 Å². The van der Waals surface area contributed by atoms with E-state index < -0.39 is 0 Å². The van der Waals surface area contributed by atoms with E-state index in [0.29, 0.717) is 12.1 Å².